The Bertz CT molecular complexity index is 553. The highest BCUT2D eigenvalue weighted by molar-refractivity contribution is 9.10. The molecule has 0 amide bonds. The van der Waals surface area contributed by atoms with Crippen molar-refractivity contribution in [1.29, 1.82) is 0 Å². The van der Waals surface area contributed by atoms with E-state index in [9.17, 15) is 14.3 Å². The molecule has 116 valence electrons. The van der Waals surface area contributed by atoms with Crippen LogP contribution < -0.4 is 9.47 Å². The normalized spacial score (nSPS) is 17.3. The number of aliphatic carboxylic acids is 1. The lowest BCUT2D eigenvalue weighted by Crippen LogP contribution is -2.38. The van der Waals surface area contributed by atoms with Gasteiger partial charge < -0.3 is 14.6 Å². The lowest BCUT2D eigenvalue weighted by Gasteiger charge is -2.35. The van der Waals surface area contributed by atoms with Crippen molar-refractivity contribution in [2.45, 2.75) is 37.5 Å². The van der Waals surface area contributed by atoms with Crippen LogP contribution in [0.5, 0.6) is 11.5 Å². The molecule has 0 aliphatic heterocycles. The van der Waals surface area contributed by atoms with Gasteiger partial charge in [-0.3, -0.25) is 4.79 Å². The molecular formula is C15H18BrFO4. The quantitative estimate of drug-likeness (QED) is 0.884. The molecule has 1 saturated carbocycles. The molecule has 0 unspecified atom stereocenters. The summed E-state index contributed by atoms with van der Waals surface area (Å²) in [6.07, 6.45) is 3.69. The number of carboxylic acids is 1. The van der Waals surface area contributed by atoms with Gasteiger partial charge >= 0.3 is 5.97 Å². The van der Waals surface area contributed by atoms with Gasteiger partial charge in [0.05, 0.1) is 24.1 Å². The van der Waals surface area contributed by atoms with Crippen molar-refractivity contribution >= 4 is 21.9 Å². The fourth-order valence-corrected chi connectivity index (χ4v) is 3.49. The number of hydrogen-bond donors (Lipinski definition) is 1. The van der Waals surface area contributed by atoms with Crippen molar-refractivity contribution in [1.82, 2.24) is 0 Å². The lowest BCUT2D eigenvalue weighted by molar-refractivity contribution is -0.145. The average molecular weight is 361 g/mol. The molecule has 6 heteroatoms. The van der Waals surface area contributed by atoms with Crippen molar-refractivity contribution < 1.29 is 23.8 Å². The second-order valence-electron chi connectivity index (χ2n) is 5.23. The molecule has 1 fully saturated rings. The Morgan fingerprint density at radius 2 is 1.81 bits per heavy atom. The molecule has 1 N–H and O–H groups in total. The summed E-state index contributed by atoms with van der Waals surface area (Å²) in [5, 5.41) is 9.78. The Hall–Kier alpha value is -1.30. The average Bonchev–Trinajstić information content (AvgIpc) is 2.49. The Morgan fingerprint density at radius 3 is 2.29 bits per heavy atom. The molecule has 4 nitrogen and oxygen atoms in total. The van der Waals surface area contributed by atoms with E-state index in [0.717, 1.165) is 19.3 Å². The Balaban J connectivity index is 2.71. The molecule has 0 saturated heterocycles. The second-order valence-corrected chi connectivity index (χ2v) is 6.09. The lowest BCUT2D eigenvalue weighted by atomic mass is 9.69. The Labute approximate surface area is 131 Å². The summed E-state index contributed by atoms with van der Waals surface area (Å²) in [6, 6.07) is 1.51. The monoisotopic (exact) mass is 360 g/mol. The maximum Gasteiger partial charge on any atom is 0.314 e. The van der Waals surface area contributed by atoms with Gasteiger partial charge in [0.25, 0.3) is 0 Å². The van der Waals surface area contributed by atoms with Crippen LogP contribution in [-0.4, -0.2) is 25.3 Å². The molecule has 0 atom stereocenters. The van der Waals surface area contributed by atoms with Crippen LogP contribution in [0.3, 0.4) is 0 Å². The van der Waals surface area contributed by atoms with E-state index in [1.54, 1.807) is 0 Å². The van der Waals surface area contributed by atoms with Gasteiger partial charge in [0.15, 0.2) is 17.3 Å². The van der Waals surface area contributed by atoms with Crippen LogP contribution in [0, 0.1) is 5.82 Å². The summed E-state index contributed by atoms with van der Waals surface area (Å²) in [5.41, 5.74) is -0.574. The summed E-state index contributed by atoms with van der Waals surface area (Å²) in [5.74, 6) is -1.38. The summed E-state index contributed by atoms with van der Waals surface area (Å²) < 4.78 is 24.7. The predicted octanol–water partition coefficient (Wildman–Crippen LogP) is 3.89. The van der Waals surface area contributed by atoms with Crippen molar-refractivity contribution in [3.05, 3.63) is 21.9 Å². The highest BCUT2D eigenvalue weighted by atomic mass is 79.9. The summed E-state index contributed by atoms with van der Waals surface area (Å²) in [4.78, 5) is 11.9. The van der Waals surface area contributed by atoms with E-state index in [-0.39, 0.29) is 16.0 Å². The van der Waals surface area contributed by atoms with Crippen LogP contribution in [0.4, 0.5) is 4.39 Å². The predicted molar refractivity (Wildman–Crippen MR) is 79.6 cm³/mol. The van der Waals surface area contributed by atoms with Gasteiger partial charge in [-0.2, -0.15) is 0 Å². The van der Waals surface area contributed by atoms with Gasteiger partial charge in [-0.05, 0) is 34.8 Å². The third-order valence-electron chi connectivity index (χ3n) is 4.17. The zero-order valence-electron chi connectivity index (χ0n) is 12.0. The molecule has 0 aromatic heterocycles. The largest absolute Gasteiger partial charge is 0.492 e. The molecule has 2 rings (SSSR count). The molecule has 1 aromatic rings. The maximum absolute atomic E-state index is 14.1. The summed E-state index contributed by atoms with van der Waals surface area (Å²) in [6.45, 7) is 0. The van der Waals surface area contributed by atoms with Crippen molar-refractivity contribution in [3.63, 3.8) is 0 Å². The summed E-state index contributed by atoms with van der Waals surface area (Å²) >= 11 is 3.14. The number of ether oxygens (including phenoxy) is 2. The number of methoxy groups -OCH3 is 2. The fraction of sp³-hybridized carbons (Fsp3) is 0.533. The molecule has 0 radical (unpaired) electrons. The zero-order valence-corrected chi connectivity index (χ0v) is 13.6. The van der Waals surface area contributed by atoms with Gasteiger partial charge in [0, 0.05) is 5.56 Å². The topological polar surface area (TPSA) is 55.8 Å². The molecule has 1 aliphatic carbocycles. The minimum absolute atomic E-state index is 0.0620. The SMILES string of the molecule is COc1c(C2(C(=O)O)CCCCC2)cc(Br)c(F)c1OC. The molecule has 21 heavy (non-hydrogen) atoms. The minimum atomic E-state index is -1.05. The first-order valence-corrected chi connectivity index (χ1v) is 7.61. The van der Waals surface area contributed by atoms with Gasteiger partial charge in [-0.25, -0.2) is 4.39 Å². The number of hydrogen-bond acceptors (Lipinski definition) is 3. The molecule has 0 heterocycles. The third-order valence-corrected chi connectivity index (χ3v) is 4.75. The van der Waals surface area contributed by atoms with Gasteiger partial charge in [-0.15, -0.1) is 0 Å². The fourth-order valence-electron chi connectivity index (χ4n) is 3.08. The first-order valence-electron chi connectivity index (χ1n) is 6.81. The number of rotatable bonds is 4. The standard InChI is InChI=1S/C15H18BrFO4/c1-20-12-9(8-10(16)11(17)13(12)21-2)15(14(18)19)6-4-3-5-7-15/h8H,3-7H2,1-2H3,(H,18,19). The van der Waals surface area contributed by atoms with Crippen LogP contribution in [0.2, 0.25) is 0 Å². The van der Waals surface area contributed by atoms with Crippen molar-refractivity contribution in [2.75, 3.05) is 14.2 Å². The van der Waals surface area contributed by atoms with Crippen molar-refractivity contribution in [2.24, 2.45) is 0 Å². The van der Waals surface area contributed by atoms with Crippen LogP contribution in [0.25, 0.3) is 0 Å². The molecule has 0 spiro atoms. The molecule has 1 aliphatic rings. The summed E-state index contributed by atoms with van der Waals surface area (Å²) in [7, 11) is 2.73. The van der Waals surface area contributed by atoms with E-state index in [0.29, 0.717) is 18.4 Å². The van der Waals surface area contributed by atoms with Crippen molar-refractivity contribution in [3.8, 4) is 11.5 Å². The highest BCUT2D eigenvalue weighted by Crippen LogP contribution is 2.49. The second kappa shape index (κ2) is 6.22. The van der Waals surface area contributed by atoms with E-state index < -0.39 is 17.2 Å². The van der Waals surface area contributed by atoms with Gasteiger partial charge in [0.1, 0.15) is 0 Å². The zero-order chi connectivity index (χ0) is 15.6. The molecular weight excluding hydrogens is 343 g/mol. The van der Waals surface area contributed by atoms with E-state index in [2.05, 4.69) is 15.9 Å². The van der Waals surface area contributed by atoms with Crippen LogP contribution >= 0.6 is 15.9 Å². The van der Waals surface area contributed by atoms with Gasteiger partial charge in [-0.1, -0.05) is 19.3 Å². The van der Waals surface area contributed by atoms with E-state index >= 15 is 0 Å². The number of halogens is 2. The number of benzene rings is 1. The van der Waals surface area contributed by atoms with Crippen LogP contribution in [-0.2, 0) is 10.2 Å². The van der Waals surface area contributed by atoms with E-state index in [4.69, 9.17) is 9.47 Å². The van der Waals surface area contributed by atoms with E-state index in [1.165, 1.54) is 20.3 Å². The Morgan fingerprint density at radius 1 is 1.24 bits per heavy atom. The first-order chi connectivity index (χ1) is 9.97. The van der Waals surface area contributed by atoms with Gasteiger partial charge in [0.2, 0.25) is 0 Å². The first kappa shape index (κ1) is 16.1. The van der Waals surface area contributed by atoms with E-state index in [1.807, 2.05) is 0 Å². The highest BCUT2D eigenvalue weighted by Gasteiger charge is 2.44. The maximum atomic E-state index is 14.1. The van der Waals surface area contributed by atoms with Crippen LogP contribution in [0.15, 0.2) is 10.5 Å². The van der Waals surface area contributed by atoms with Crippen LogP contribution in [0.1, 0.15) is 37.7 Å². The molecule has 0 bridgehead atoms. The number of carboxylic acid groups (broad SMARTS) is 1. The third kappa shape index (κ3) is 2.61. The number of carbonyl (C=O) groups is 1. The minimum Gasteiger partial charge on any atom is -0.492 e. The smallest absolute Gasteiger partial charge is 0.314 e. The Kier molecular flexibility index (Phi) is 4.76. The molecule has 1 aromatic carbocycles.